The molecule has 0 saturated heterocycles. The zero-order valence-electron chi connectivity index (χ0n) is 11.6. The summed E-state index contributed by atoms with van der Waals surface area (Å²) in [6, 6.07) is 12.4. The topological polar surface area (TPSA) is 20.3 Å². The molecule has 0 aliphatic rings. The van der Waals surface area contributed by atoms with E-state index in [-0.39, 0.29) is 5.78 Å². The standard InChI is InChI=1S/C16H19NOS/c1-4-15(18)13-7-9-14(10-8-13)17(3)12(2)16-6-5-11-19-16/h5-12H,4H2,1-3H3. The highest BCUT2D eigenvalue weighted by atomic mass is 32.1. The fourth-order valence-corrected chi connectivity index (χ4v) is 2.86. The fourth-order valence-electron chi connectivity index (χ4n) is 2.03. The molecule has 0 N–H and O–H groups in total. The number of nitrogens with zero attached hydrogens (tertiary/aromatic N) is 1. The maximum Gasteiger partial charge on any atom is 0.162 e. The number of benzene rings is 1. The SMILES string of the molecule is CCC(=O)c1ccc(N(C)C(C)c2cccs2)cc1. The first kappa shape index (κ1) is 13.8. The summed E-state index contributed by atoms with van der Waals surface area (Å²) < 4.78 is 0. The molecule has 0 bridgehead atoms. The molecule has 1 unspecified atom stereocenters. The van der Waals surface area contributed by atoms with E-state index in [1.54, 1.807) is 11.3 Å². The van der Waals surface area contributed by atoms with Gasteiger partial charge in [0.1, 0.15) is 0 Å². The summed E-state index contributed by atoms with van der Waals surface area (Å²) in [5, 5.41) is 2.10. The molecule has 1 aromatic heterocycles. The second-order valence-electron chi connectivity index (χ2n) is 4.63. The predicted octanol–water partition coefficient (Wildman–Crippen LogP) is 4.54. The van der Waals surface area contributed by atoms with Crippen LogP contribution in [0.1, 0.15) is 41.5 Å². The molecule has 1 atom stereocenters. The van der Waals surface area contributed by atoms with E-state index in [1.807, 2.05) is 31.2 Å². The first-order valence-electron chi connectivity index (χ1n) is 6.53. The second-order valence-corrected chi connectivity index (χ2v) is 5.61. The number of hydrogen-bond donors (Lipinski definition) is 0. The minimum Gasteiger partial charge on any atom is -0.367 e. The maximum absolute atomic E-state index is 11.6. The first-order chi connectivity index (χ1) is 9.13. The van der Waals surface area contributed by atoms with Gasteiger partial charge in [0.15, 0.2) is 5.78 Å². The van der Waals surface area contributed by atoms with Gasteiger partial charge in [-0.1, -0.05) is 13.0 Å². The van der Waals surface area contributed by atoms with E-state index in [0.29, 0.717) is 12.5 Å². The number of rotatable bonds is 5. The summed E-state index contributed by atoms with van der Waals surface area (Å²) in [7, 11) is 2.08. The van der Waals surface area contributed by atoms with Crippen molar-refractivity contribution in [1.82, 2.24) is 0 Å². The van der Waals surface area contributed by atoms with Gasteiger partial charge in [0, 0.05) is 29.6 Å². The molecule has 0 aliphatic carbocycles. The van der Waals surface area contributed by atoms with Crippen LogP contribution in [0.15, 0.2) is 41.8 Å². The molecule has 0 radical (unpaired) electrons. The summed E-state index contributed by atoms with van der Waals surface area (Å²) in [6.07, 6.45) is 0.556. The van der Waals surface area contributed by atoms with E-state index in [2.05, 4.69) is 36.4 Å². The van der Waals surface area contributed by atoms with E-state index in [9.17, 15) is 4.79 Å². The number of hydrogen-bond acceptors (Lipinski definition) is 3. The normalized spacial score (nSPS) is 12.2. The molecule has 19 heavy (non-hydrogen) atoms. The van der Waals surface area contributed by atoms with E-state index in [4.69, 9.17) is 0 Å². The van der Waals surface area contributed by atoms with E-state index in [0.717, 1.165) is 11.3 Å². The molecule has 0 spiro atoms. The Balaban J connectivity index is 2.15. The van der Waals surface area contributed by atoms with Crippen LogP contribution in [0.5, 0.6) is 0 Å². The largest absolute Gasteiger partial charge is 0.367 e. The molecule has 2 nitrogen and oxygen atoms in total. The van der Waals surface area contributed by atoms with Gasteiger partial charge in [-0.15, -0.1) is 11.3 Å². The van der Waals surface area contributed by atoms with Gasteiger partial charge in [-0.05, 0) is 42.6 Å². The van der Waals surface area contributed by atoms with Crippen molar-refractivity contribution in [3.8, 4) is 0 Å². The van der Waals surface area contributed by atoms with Crippen LogP contribution in [0.2, 0.25) is 0 Å². The number of ketones is 1. The predicted molar refractivity (Wildman–Crippen MR) is 82.2 cm³/mol. The first-order valence-corrected chi connectivity index (χ1v) is 7.41. The van der Waals surface area contributed by atoms with Gasteiger partial charge in [-0.3, -0.25) is 4.79 Å². The molecule has 0 saturated carbocycles. The Morgan fingerprint density at radius 2 is 1.95 bits per heavy atom. The molecule has 0 fully saturated rings. The van der Waals surface area contributed by atoms with Crippen LogP contribution < -0.4 is 4.90 Å². The molecule has 0 aliphatic heterocycles. The van der Waals surface area contributed by atoms with Gasteiger partial charge in [-0.2, -0.15) is 0 Å². The van der Waals surface area contributed by atoms with Crippen molar-refractivity contribution >= 4 is 22.8 Å². The zero-order valence-corrected chi connectivity index (χ0v) is 12.4. The van der Waals surface area contributed by atoms with Gasteiger partial charge < -0.3 is 4.90 Å². The monoisotopic (exact) mass is 273 g/mol. The van der Waals surface area contributed by atoms with E-state index in [1.165, 1.54) is 4.88 Å². The van der Waals surface area contributed by atoms with Crippen LogP contribution in [0.4, 0.5) is 5.69 Å². The summed E-state index contributed by atoms with van der Waals surface area (Å²) in [5.41, 5.74) is 1.93. The van der Waals surface area contributed by atoms with Crippen LogP contribution in [-0.2, 0) is 0 Å². The van der Waals surface area contributed by atoms with Crippen molar-refractivity contribution in [3.63, 3.8) is 0 Å². The lowest BCUT2D eigenvalue weighted by Gasteiger charge is -2.26. The van der Waals surface area contributed by atoms with Gasteiger partial charge in [0.2, 0.25) is 0 Å². The highest BCUT2D eigenvalue weighted by Crippen LogP contribution is 2.28. The highest BCUT2D eigenvalue weighted by molar-refractivity contribution is 7.10. The highest BCUT2D eigenvalue weighted by Gasteiger charge is 2.13. The van der Waals surface area contributed by atoms with Gasteiger partial charge in [0.25, 0.3) is 0 Å². The van der Waals surface area contributed by atoms with Crippen molar-refractivity contribution in [2.24, 2.45) is 0 Å². The fraction of sp³-hybridized carbons (Fsp3) is 0.312. The molecule has 2 rings (SSSR count). The minimum atomic E-state index is 0.195. The number of Topliss-reactive ketones (excluding diaryl/α,β-unsaturated/α-hetero) is 1. The van der Waals surface area contributed by atoms with Crippen LogP contribution in [-0.4, -0.2) is 12.8 Å². The van der Waals surface area contributed by atoms with Crippen molar-refractivity contribution in [3.05, 3.63) is 52.2 Å². The van der Waals surface area contributed by atoms with Crippen molar-refractivity contribution in [2.75, 3.05) is 11.9 Å². The van der Waals surface area contributed by atoms with Crippen LogP contribution >= 0.6 is 11.3 Å². The van der Waals surface area contributed by atoms with Crippen molar-refractivity contribution in [1.29, 1.82) is 0 Å². The minimum absolute atomic E-state index is 0.195. The molecular formula is C16H19NOS. The Hall–Kier alpha value is -1.61. The second kappa shape index (κ2) is 6.02. The number of carbonyl (C=O) groups is 1. The third-order valence-corrected chi connectivity index (χ3v) is 4.50. The molecule has 3 heteroatoms. The quantitative estimate of drug-likeness (QED) is 0.745. The lowest BCUT2D eigenvalue weighted by atomic mass is 10.1. The van der Waals surface area contributed by atoms with Crippen molar-refractivity contribution < 1.29 is 4.79 Å². The Bertz CT molecular complexity index is 530. The maximum atomic E-state index is 11.6. The molecular weight excluding hydrogens is 254 g/mol. The Morgan fingerprint density at radius 1 is 1.26 bits per heavy atom. The molecule has 1 heterocycles. The molecule has 0 amide bonds. The van der Waals surface area contributed by atoms with Crippen LogP contribution in [0, 0.1) is 0 Å². The Morgan fingerprint density at radius 3 is 2.47 bits per heavy atom. The number of carbonyl (C=O) groups excluding carboxylic acids is 1. The van der Waals surface area contributed by atoms with Crippen LogP contribution in [0.25, 0.3) is 0 Å². The summed E-state index contributed by atoms with van der Waals surface area (Å²) in [6.45, 7) is 4.08. The number of anilines is 1. The third-order valence-electron chi connectivity index (χ3n) is 3.45. The molecule has 2 aromatic rings. The van der Waals surface area contributed by atoms with E-state index < -0.39 is 0 Å². The molecule has 100 valence electrons. The summed E-state index contributed by atoms with van der Waals surface area (Å²) in [4.78, 5) is 15.2. The average Bonchev–Trinajstić information content (AvgIpc) is 2.99. The number of thiophene rings is 1. The Labute approximate surface area is 118 Å². The average molecular weight is 273 g/mol. The van der Waals surface area contributed by atoms with Gasteiger partial charge in [0.05, 0.1) is 6.04 Å². The van der Waals surface area contributed by atoms with E-state index >= 15 is 0 Å². The third kappa shape index (κ3) is 3.04. The lowest BCUT2D eigenvalue weighted by Crippen LogP contribution is -2.20. The molecule has 1 aromatic carbocycles. The zero-order chi connectivity index (χ0) is 13.8. The lowest BCUT2D eigenvalue weighted by molar-refractivity contribution is 0.0988. The summed E-state index contributed by atoms with van der Waals surface area (Å²) >= 11 is 1.77. The van der Waals surface area contributed by atoms with Gasteiger partial charge in [-0.25, -0.2) is 0 Å². The van der Waals surface area contributed by atoms with Gasteiger partial charge >= 0.3 is 0 Å². The van der Waals surface area contributed by atoms with Crippen molar-refractivity contribution in [2.45, 2.75) is 26.3 Å². The smallest absolute Gasteiger partial charge is 0.162 e. The summed E-state index contributed by atoms with van der Waals surface area (Å²) in [5.74, 6) is 0.195. The van der Waals surface area contributed by atoms with Crippen LogP contribution in [0.3, 0.4) is 0 Å². The Kier molecular flexibility index (Phi) is 4.38.